The lowest BCUT2D eigenvalue weighted by Gasteiger charge is -2.37. The molecular weight excluding hydrogens is 379 g/mol. The van der Waals surface area contributed by atoms with Crippen LogP contribution < -0.4 is 16.0 Å². The number of hydrogen-bond donors (Lipinski definition) is 2. The van der Waals surface area contributed by atoms with Gasteiger partial charge in [0, 0.05) is 25.7 Å². The number of benzene rings is 2. The van der Waals surface area contributed by atoms with Crippen molar-refractivity contribution in [3.63, 3.8) is 0 Å². The van der Waals surface area contributed by atoms with E-state index in [1.807, 2.05) is 18.7 Å². The highest BCUT2D eigenvalue weighted by molar-refractivity contribution is 6.03. The number of ether oxygens (including phenoxy) is 1. The molecule has 0 saturated carbocycles. The van der Waals surface area contributed by atoms with Crippen molar-refractivity contribution in [2.24, 2.45) is 0 Å². The molecule has 3 N–H and O–H groups in total. The van der Waals surface area contributed by atoms with E-state index in [0.29, 0.717) is 24.3 Å². The molecule has 29 heavy (non-hydrogen) atoms. The van der Waals surface area contributed by atoms with E-state index < -0.39 is 16.6 Å². The third kappa shape index (κ3) is 4.62. The van der Waals surface area contributed by atoms with Gasteiger partial charge in [-0.15, -0.1) is 0 Å². The van der Waals surface area contributed by atoms with Gasteiger partial charge in [0.05, 0.1) is 28.5 Å². The summed E-state index contributed by atoms with van der Waals surface area (Å²) in [5.74, 6) is -1.08. The van der Waals surface area contributed by atoms with E-state index >= 15 is 0 Å². The summed E-state index contributed by atoms with van der Waals surface area (Å²) in [6.07, 6.45) is 0.00785. The number of rotatable bonds is 5. The number of nitrogens with one attached hydrogen (secondary N) is 1. The fraction of sp³-hybridized carbons (Fsp3) is 0.350. The van der Waals surface area contributed by atoms with E-state index in [0.717, 1.165) is 0 Å². The molecule has 1 fully saturated rings. The smallest absolute Gasteiger partial charge is 0.284 e. The van der Waals surface area contributed by atoms with Gasteiger partial charge in [0.25, 0.3) is 11.6 Å². The Bertz CT molecular complexity index is 927. The molecule has 3 rings (SSSR count). The predicted molar refractivity (Wildman–Crippen MR) is 107 cm³/mol. The van der Waals surface area contributed by atoms with Gasteiger partial charge in [-0.05, 0) is 37.6 Å². The predicted octanol–water partition coefficient (Wildman–Crippen LogP) is 2.86. The molecule has 2 aromatic rings. The Kier molecular flexibility index (Phi) is 5.97. The highest BCUT2D eigenvalue weighted by atomic mass is 19.1. The van der Waals surface area contributed by atoms with Crippen LogP contribution in [0.25, 0.3) is 0 Å². The van der Waals surface area contributed by atoms with Crippen LogP contribution in [-0.2, 0) is 11.3 Å². The Morgan fingerprint density at radius 3 is 2.62 bits per heavy atom. The molecule has 0 aliphatic carbocycles. The van der Waals surface area contributed by atoms with Gasteiger partial charge in [-0.25, -0.2) is 4.39 Å². The van der Waals surface area contributed by atoms with Crippen LogP contribution in [0.2, 0.25) is 0 Å². The van der Waals surface area contributed by atoms with Gasteiger partial charge in [0.15, 0.2) is 0 Å². The number of halogens is 1. The number of carbonyl (C=O) groups is 1. The summed E-state index contributed by atoms with van der Waals surface area (Å²) >= 11 is 0. The maximum atomic E-state index is 14.7. The average Bonchev–Trinajstić information content (AvgIpc) is 2.65. The zero-order valence-corrected chi connectivity index (χ0v) is 16.2. The van der Waals surface area contributed by atoms with E-state index in [9.17, 15) is 19.3 Å². The molecule has 1 heterocycles. The number of hydrogen-bond acceptors (Lipinski definition) is 6. The monoisotopic (exact) mass is 402 g/mol. The molecule has 154 valence electrons. The molecule has 8 nitrogen and oxygen atoms in total. The molecule has 0 unspecified atom stereocenters. The van der Waals surface area contributed by atoms with Gasteiger partial charge in [0.1, 0.15) is 11.4 Å². The summed E-state index contributed by atoms with van der Waals surface area (Å²) in [6, 6.07) is 8.77. The number of anilines is 2. The largest absolute Gasteiger partial charge is 0.398 e. The molecule has 2 aromatic carbocycles. The van der Waals surface area contributed by atoms with E-state index in [-0.39, 0.29) is 35.7 Å². The highest BCUT2D eigenvalue weighted by Gasteiger charge is 2.25. The quantitative estimate of drug-likeness (QED) is 0.452. The Hall–Kier alpha value is -3.20. The van der Waals surface area contributed by atoms with Gasteiger partial charge in [0.2, 0.25) is 0 Å². The first-order valence-corrected chi connectivity index (χ1v) is 9.26. The number of nitrogens with zero attached hydrogens (tertiary/aromatic N) is 2. The minimum absolute atomic E-state index is 0.00392. The fourth-order valence-corrected chi connectivity index (χ4v) is 3.52. The van der Waals surface area contributed by atoms with Crippen molar-refractivity contribution in [1.82, 2.24) is 5.32 Å². The molecule has 0 aromatic heterocycles. The Labute approximate surface area is 167 Å². The van der Waals surface area contributed by atoms with Crippen molar-refractivity contribution in [1.29, 1.82) is 0 Å². The van der Waals surface area contributed by atoms with Gasteiger partial charge in [-0.1, -0.05) is 12.1 Å². The molecule has 0 spiro atoms. The number of nitro benzene ring substituents is 1. The van der Waals surface area contributed by atoms with Gasteiger partial charge >= 0.3 is 0 Å². The number of morpholine rings is 1. The normalized spacial score (nSPS) is 19.1. The van der Waals surface area contributed by atoms with E-state index in [1.54, 1.807) is 12.1 Å². The van der Waals surface area contributed by atoms with Gasteiger partial charge in [-0.3, -0.25) is 14.9 Å². The summed E-state index contributed by atoms with van der Waals surface area (Å²) in [5.41, 5.74) is 6.18. The van der Waals surface area contributed by atoms with Crippen molar-refractivity contribution in [3.8, 4) is 0 Å². The molecule has 1 aliphatic heterocycles. The standard InChI is InChI=1S/C20H23FN4O4/c1-12-10-24(11-13(2)29-12)17-7-6-14(8-15(17)21)9-23-20(26)19-16(22)4-3-5-18(19)25(27)28/h3-8,12-13H,9-11,22H2,1-2H3,(H,23,26)/t12-,13+. The van der Waals surface area contributed by atoms with Crippen molar-refractivity contribution in [2.75, 3.05) is 23.7 Å². The third-order valence-electron chi connectivity index (χ3n) is 4.72. The lowest BCUT2D eigenvalue weighted by molar-refractivity contribution is -0.385. The lowest BCUT2D eigenvalue weighted by Crippen LogP contribution is -2.45. The number of carbonyl (C=O) groups excluding carboxylic acids is 1. The first kappa shape index (κ1) is 20.5. The van der Waals surface area contributed by atoms with E-state index in [2.05, 4.69) is 5.32 Å². The number of nitro groups is 1. The molecule has 1 aliphatic rings. The second-order valence-electron chi connectivity index (χ2n) is 7.13. The molecule has 1 saturated heterocycles. The second-order valence-corrected chi connectivity index (χ2v) is 7.13. The lowest BCUT2D eigenvalue weighted by atomic mass is 10.1. The Balaban J connectivity index is 1.72. The summed E-state index contributed by atoms with van der Waals surface area (Å²) < 4.78 is 20.3. The zero-order valence-electron chi connectivity index (χ0n) is 16.2. The molecular formula is C20H23FN4O4. The van der Waals surface area contributed by atoms with Crippen LogP contribution in [0.4, 0.5) is 21.5 Å². The third-order valence-corrected chi connectivity index (χ3v) is 4.72. The highest BCUT2D eigenvalue weighted by Crippen LogP contribution is 2.26. The van der Waals surface area contributed by atoms with Gasteiger partial charge in [-0.2, -0.15) is 0 Å². The van der Waals surface area contributed by atoms with Crippen molar-refractivity contribution >= 4 is 23.0 Å². The van der Waals surface area contributed by atoms with Gasteiger partial charge < -0.3 is 20.7 Å². The summed E-state index contributed by atoms with van der Waals surface area (Å²) in [4.78, 5) is 24.8. The zero-order chi connectivity index (χ0) is 21.1. The maximum Gasteiger partial charge on any atom is 0.284 e. The topological polar surface area (TPSA) is 111 Å². The van der Waals surface area contributed by atoms with Crippen LogP contribution in [0, 0.1) is 15.9 Å². The van der Waals surface area contributed by atoms with Crippen LogP contribution >= 0.6 is 0 Å². The fourth-order valence-electron chi connectivity index (χ4n) is 3.52. The van der Waals surface area contributed by atoms with Crippen LogP contribution in [-0.4, -0.2) is 36.1 Å². The molecule has 9 heteroatoms. The maximum absolute atomic E-state index is 14.7. The average molecular weight is 402 g/mol. The minimum atomic E-state index is -0.685. The van der Waals surface area contributed by atoms with Crippen molar-refractivity contribution in [2.45, 2.75) is 32.6 Å². The molecule has 2 atom stereocenters. The van der Waals surface area contributed by atoms with Crippen LogP contribution in [0.1, 0.15) is 29.8 Å². The Morgan fingerprint density at radius 2 is 2.00 bits per heavy atom. The number of nitrogens with two attached hydrogens (primary N) is 1. The van der Waals surface area contributed by atoms with Crippen molar-refractivity contribution < 1.29 is 18.8 Å². The first-order chi connectivity index (χ1) is 13.8. The molecule has 1 amide bonds. The number of amides is 1. The first-order valence-electron chi connectivity index (χ1n) is 9.26. The molecule has 0 radical (unpaired) electrons. The summed E-state index contributed by atoms with van der Waals surface area (Å²) in [6.45, 7) is 5.08. The Morgan fingerprint density at radius 1 is 1.31 bits per heavy atom. The molecule has 0 bridgehead atoms. The summed E-state index contributed by atoms with van der Waals surface area (Å²) in [5, 5.41) is 13.7. The van der Waals surface area contributed by atoms with Crippen molar-refractivity contribution in [3.05, 3.63) is 63.5 Å². The van der Waals surface area contributed by atoms with Crippen LogP contribution in [0.5, 0.6) is 0 Å². The minimum Gasteiger partial charge on any atom is -0.398 e. The number of nitrogen functional groups attached to an aromatic ring is 1. The SMILES string of the molecule is C[C@@H]1CN(c2ccc(CNC(=O)c3c(N)cccc3[N+](=O)[O-])cc2F)C[C@H](C)O1. The van der Waals surface area contributed by atoms with Crippen LogP contribution in [0.3, 0.4) is 0 Å². The second kappa shape index (κ2) is 8.44. The van der Waals surface area contributed by atoms with E-state index in [1.165, 1.54) is 24.3 Å². The summed E-state index contributed by atoms with van der Waals surface area (Å²) in [7, 11) is 0. The van der Waals surface area contributed by atoms with E-state index in [4.69, 9.17) is 10.5 Å². The van der Waals surface area contributed by atoms with Crippen LogP contribution in [0.15, 0.2) is 36.4 Å².